The summed E-state index contributed by atoms with van der Waals surface area (Å²) in [5.74, 6) is -0.468. The van der Waals surface area contributed by atoms with Gasteiger partial charge < -0.3 is 9.47 Å². The van der Waals surface area contributed by atoms with Crippen LogP contribution in [0.3, 0.4) is 0 Å². The van der Waals surface area contributed by atoms with Gasteiger partial charge in [0.25, 0.3) is 0 Å². The molecule has 1 heterocycles. The van der Waals surface area contributed by atoms with Gasteiger partial charge in [-0.3, -0.25) is 0 Å². The van der Waals surface area contributed by atoms with Crippen LogP contribution in [0.5, 0.6) is 0 Å². The maximum Gasteiger partial charge on any atom is 0.164 e. The molecule has 0 bridgehead atoms. The van der Waals surface area contributed by atoms with Gasteiger partial charge in [0.15, 0.2) is 5.79 Å². The average molecular weight is 210 g/mol. The lowest BCUT2D eigenvalue weighted by atomic mass is 9.98. The minimum absolute atomic E-state index is 0.113. The number of ether oxygens (including phenoxy) is 2. The second-order valence-corrected chi connectivity index (χ2v) is 5.10. The molecular weight excluding hydrogens is 188 g/mol. The number of hydrogen-bond donors (Lipinski definition) is 0. The first kappa shape index (κ1) is 12.5. The van der Waals surface area contributed by atoms with Crippen molar-refractivity contribution in [1.82, 2.24) is 0 Å². The van der Waals surface area contributed by atoms with Gasteiger partial charge in [-0.15, -0.1) is 0 Å². The summed E-state index contributed by atoms with van der Waals surface area (Å²) in [5, 5.41) is 0. The largest absolute Gasteiger partial charge is 0.344 e. The monoisotopic (exact) mass is 210 g/mol. The SMILES string of the molecule is C=C/C(C)=C/CC1OC(C)(C)OC1(C)C. The first-order valence-electron chi connectivity index (χ1n) is 5.44. The van der Waals surface area contributed by atoms with Crippen LogP contribution in [0.1, 0.15) is 41.0 Å². The van der Waals surface area contributed by atoms with Crippen LogP contribution < -0.4 is 0 Å². The summed E-state index contributed by atoms with van der Waals surface area (Å²) in [4.78, 5) is 0. The Labute approximate surface area is 93.0 Å². The first-order chi connectivity index (χ1) is 6.77. The maximum absolute atomic E-state index is 5.86. The minimum atomic E-state index is -0.468. The normalized spacial score (nSPS) is 29.1. The molecule has 0 amide bonds. The topological polar surface area (TPSA) is 18.5 Å². The third-order valence-corrected chi connectivity index (χ3v) is 2.69. The minimum Gasteiger partial charge on any atom is -0.344 e. The van der Waals surface area contributed by atoms with E-state index in [0.29, 0.717) is 0 Å². The Morgan fingerprint density at radius 2 is 1.93 bits per heavy atom. The molecular formula is C13H22O2. The molecule has 0 radical (unpaired) electrons. The quantitative estimate of drug-likeness (QED) is 0.664. The first-order valence-corrected chi connectivity index (χ1v) is 5.44. The lowest BCUT2D eigenvalue weighted by Gasteiger charge is -2.23. The van der Waals surface area contributed by atoms with E-state index >= 15 is 0 Å². The molecule has 2 nitrogen and oxygen atoms in total. The van der Waals surface area contributed by atoms with E-state index in [1.807, 2.05) is 26.8 Å². The second kappa shape index (κ2) is 4.11. The molecule has 1 rings (SSSR count). The molecule has 1 aliphatic rings. The Balaban J connectivity index is 2.67. The number of rotatable bonds is 3. The van der Waals surface area contributed by atoms with Crippen molar-refractivity contribution in [3.63, 3.8) is 0 Å². The molecule has 1 aliphatic heterocycles. The van der Waals surface area contributed by atoms with E-state index < -0.39 is 5.79 Å². The van der Waals surface area contributed by atoms with E-state index in [1.165, 1.54) is 5.57 Å². The van der Waals surface area contributed by atoms with Crippen LogP contribution >= 0.6 is 0 Å². The third kappa shape index (κ3) is 3.18. The molecule has 0 N–H and O–H groups in total. The smallest absolute Gasteiger partial charge is 0.164 e. The summed E-state index contributed by atoms with van der Waals surface area (Å²) >= 11 is 0. The summed E-state index contributed by atoms with van der Waals surface area (Å²) in [5.41, 5.74) is 0.959. The zero-order valence-corrected chi connectivity index (χ0v) is 10.5. The van der Waals surface area contributed by atoms with Crippen LogP contribution in [0, 0.1) is 0 Å². The van der Waals surface area contributed by atoms with E-state index in [4.69, 9.17) is 9.47 Å². The fourth-order valence-corrected chi connectivity index (χ4v) is 1.92. The van der Waals surface area contributed by atoms with Crippen LogP contribution in [0.25, 0.3) is 0 Å². The van der Waals surface area contributed by atoms with Crippen LogP contribution in [0.2, 0.25) is 0 Å². The Hall–Kier alpha value is -0.600. The zero-order chi connectivity index (χ0) is 11.7. The van der Waals surface area contributed by atoms with Crippen LogP contribution in [0.15, 0.2) is 24.3 Å². The Morgan fingerprint density at radius 1 is 1.33 bits per heavy atom. The fourth-order valence-electron chi connectivity index (χ4n) is 1.92. The van der Waals surface area contributed by atoms with Crippen molar-refractivity contribution in [2.24, 2.45) is 0 Å². The van der Waals surface area contributed by atoms with E-state index in [0.717, 1.165) is 6.42 Å². The van der Waals surface area contributed by atoms with Crippen molar-refractivity contribution in [3.8, 4) is 0 Å². The van der Waals surface area contributed by atoms with Crippen molar-refractivity contribution in [2.45, 2.75) is 58.5 Å². The fraction of sp³-hybridized carbons (Fsp3) is 0.692. The molecule has 0 spiro atoms. The lowest BCUT2D eigenvalue weighted by Crippen LogP contribution is -2.32. The van der Waals surface area contributed by atoms with Crippen LogP contribution in [-0.4, -0.2) is 17.5 Å². The maximum atomic E-state index is 5.86. The van der Waals surface area contributed by atoms with Crippen molar-refractivity contribution < 1.29 is 9.47 Å². The third-order valence-electron chi connectivity index (χ3n) is 2.69. The highest BCUT2D eigenvalue weighted by molar-refractivity contribution is 5.13. The molecule has 86 valence electrons. The Bertz CT molecular complexity index is 274. The molecule has 0 aromatic heterocycles. The second-order valence-electron chi connectivity index (χ2n) is 5.10. The highest BCUT2D eigenvalue weighted by Crippen LogP contribution is 2.37. The molecule has 0 saturated carbocycles. The molecule has 0 aromatic carbocycles. The van der Waals surface area contributed by atoms with Crippen LogP contribution in [0.4, 0.5) is 0 Å². The number of hydrogen-bond acceptors (Lipinski definition) is 2. The van der Waals surface area contributed by atoms with E-state index in [9.17, 15) is 0 Å². The zero-order valence-electron chi connectivity index (χ0n) is 10.5. The number of allylic oxidation sites excluding steroid dienone is 2. The predicted molar refractivity (Wildman–Crippen MR) is 62.7 cm³/mol. The summed E-state index contributed by atoms with van der Waals surface area (Å²) in [6.45, 7) is 13.8. The van der Waals surface area contributed by atoms with Crippen molar-refractivity contribution in [2.75, 3.05) is 0 Å². The van der Waals surface area contributed by atoms with Gasteiger partial charge in [-0.05, 0) is 41.0 Å². The molecule has 1 saturated heterocycles. The average Bonchev–Trinajstić information content (AvgIpc) is 2.29. The Morgan fingerprint density at radius 3 is 2.33 bits per heavy atom. The molecule has 15 heavy (non-hydrogen) atoms. The van der Waals surface area contributed by atoms with Gasteiger partial charge >= 0.3 is 0 Å². The van der Waals surface area contributed by atoms with Gasteiger partial charge in [0.2, 0.25) is 0 Å². The molecule has 1 fully saturated rings. The van der Waals surface area contributed by atoms with E-state index in [1.54, 1.807) is 0 Å². The summed E-state index contributed by atoms with van der Waals surface area (Å²) in [6.07, 6.45) is 4.98. The van der Waals surface area contributed by atoms with Gasteiger partial charge in [-0.25, -0.2) is 0 Å². The van der Waals surface area contributed by atoms with Gasteiger partial charge in [0, 0.05) is 0 Å². The highest BCUT2D eigenvalue weighted by atomic mass is 16.8. The molecule has 1 unspecified atom stereocenters. The van der Waals surface area contributed by atoms with Crippen molar-refractivity contribution >= 4 is 0 Å². The summed E-state index contributed by atoms with van der Waals surface area (Å²) in [6, 6.07) is 0. The van der Waals surface area contributed by atoms with Crippen LogP contribution in [-0.2, 0) is 9.47 Å². The molecule has 1 atom stereocenters. The van der Waals surface area contributed by atoms with E-state index in [2.05, 4.69) is 26.5 Å². The highest BCUT2D eigenvalue weighted by Gasteiger charge is 2.46. The van der Waals surface area contributed by atoms with Gasteiger partial charge in [0.1, 0.15) is 0 Å². The van der Waals surface area contributed by atoms with Gasteiger partial charge in [0.05, 0.1) is 11.7 Å². The summed E-state index contributed by atoms with van der Waals surface area (Å²) < 4.78 is 11.7. The van der Waals surface area contributed by atoms with Crippen molar-refractivity contribution in [3.05, 3.63) is 24.3 Å². The Kier molecular flexibility index (Phi) is 3.41. The van der Waals surface area contributed by atoms with Crippen molar-refractivity contribution in [1.29, 1.82) is 0 Å². The molecule has 2 heteroatoms. The lowest BCUT2D eigenvalue weighted by molar-refractivity contribution is -0.157. The molecule has 0 aromatic rings. The van der Waals surface area contributed by atoms with Gasteiger partial charge in [-0.2, -0.15) is 0 Å². The van der Waals surface area contributed by atoms with Gasteiger partial charge in [-0.1, -0.05) is 24.3 Å². The molecule has 0 aliphatic carbocycles. The predicted octanol–water partition coefficient (Wildman–Crippen LogP) is 3.44. The summed E-state index contributed by atoms with van der Waals surface area (Å²) in [7, 11) is 0. The standard InChI is InChI=1S/C13H22O2/c1-7-10(2)8-9-11-12(3,4)15-13(5,6)14-11/h7-8,11H,1,9H2,2-6H3/b10-8+. The van der Waals surface area contributed by atoms with E-state index in [-0.39, 0.29) is 11.7 Å².